The highest BCUT2D eigenvalue weighted by molar-refractivity contribution is 5.92. The minimum Gasteiger partial charge on any atom is -0.481 e. The Kier molecular flexibility index (Phi) is 5.42. The van der Waals surface area contributed by atoms with Gasteiger partial charge in [-0.25, -0.2) is 4.39 Å². The van der Waals surface area contributed by atoms with Crippen LogP contribution in [0.15, 0.2) is 34.9 Å². The number of methoxy groups -OCH3 is 1. The van der Waals surface area contributed by atoms with Crippen molar-refractivity contribution < 1.29 is 28.3 Å². The molecule has 122 valence electrons. The molecule has 1 aromatic heterocycles. The standard InChI is InChI=1S/C15H15FN2O5/c1-22-8-11-6-13(18-23-11)15(21)17-12(7-14(19)20)9-2-4-10(16)5-3-9/h2-6,12H,7-8H2,1H3,(H,17,21)(H,19,20). The fraction of sp³-hybridized carbons (Fsp3) is 0.267. The van der Waals surface area contributed by atoms with E-state index in [1.165, 1.54) is 37.4 Å². The molecule has 2 N–H and O–H groups in total. The van der Waals surface area contributed by atoms with Crippen LogP contribution in [0.25, 0.3) is 0 Å². The average Bonchev–Trinajstić information content (AvgIpc) is 2.96. The third-order valence-corrected chi connectivity index (χ3v) is 3.03. The Bertz CT molecular complexity index is 683. The van der Waals surface area contributed by atoms with Gasteiger partial charge in [0, 0.05) is 13.2 Å². The quantitative estimate of drug-likeness (QED) is 0.807. The first-order chi connectivity index (χ1) is 11.0. The second kappa shape index (κ2) is 7.50. The molecule has 0 spiro atoms. The molecule has 0 aliphatic carbocycles. The third kappa shape index (κ3) is 4.62. The maximum absolute atomic E-state index is 13.0. The van der Waals surface area contributed by atoms with Gasteiger partial charge in [0.25, 0.3) is 5.91 Å². The van der Waals surface area contributed by atoms with E-state index in [1.807, 2.05) is 0 Å². The van der Waals surface area contributed by atoms with Crippen LogP contribution in [0.1, 0.15) is 34.3 Å². The monoisotopic (exact) mass is 322 g/mol. The summed E-state index contributed by atoms with van der Waals surface area (Å²) in [5.74, 6) is -1.77. The number of hydrogen-bond donors (Lipinski definition) is 2. The number of amides is 1. The number of ether oxygens (including phenoxy) is 1. The topological polar surface area (TPSA) is 102 Å². The molecule has 2 aromatic rings. The van der Waals surface area contributed by atoms with Crippen molar-refractivity contribution in [3.63, 3.8) is 0 Å². The SMILES string of the molecule is COCc1cc(C(=O)NC(CC(=O)O)c2ccc(F)cc2)no1. The number of carboxylic acid groups (broad SMARTS) is 1. The van der Waals surface area contributed by atoms with Crippen LogP contribution in [0.5, 0.6) is 0 Å². The predicted molar refractivity (Wildman–Crippen MR) is 76.1 cm³/mol. The first-order valence-electron chi connectivity index (χ1n) is 6.72. The molecule has 0 saturated heterocycles. The Hall–Kier alpha value is -2.74. The summed E-state index contributed by atoms with van der Waals surface area (Å²) in [6.45, 7) is 0.163. The number of hydrogen-bond acceptors (Lipinski definition) is 5. The smallest absolute Gasteiger partial charge is 0.305 e. The number of benzene rings is 1. The Labute approximate surface area is 131 Å². The van der Waals surface area contributed by atoms with Gasteiger partial charge in [-0.05, 0) is 17.7 Å². The normalized spacial score (nSPS) is 11.9. The highest BCUT2D eigenvalue weighted by Gasteiger charge is 2.21. The first-order valence-corrected chi connectivity index (χ1v) is 6.72. The molecule has 23 heavy (non-hydrogen) atoms. The van der Waals surface area contributed by atoms with E-state index in [4.69, 9.17) is 14.4 Å². The molecular formula is C15H15FN2O5. The lowest BCUT2D eigenvalue weighted by Crippen LogP contribution is -2.30. The highest BCUT2D eigenvalue weighted by Crippen LogP contribution is 2.18. The molecule has 2 rings (SSSR count). The lowest BCUT2D eigenvalue weighted by molar-refractivity contribution is -0.137. The van der Waals surface area contributed by atoms with Crippen molar-refractivity contribution >= 4 is 11.9 Å². The molecule has 1 amide bonds. The number of aliphatic carboxylic acids is 1. The van der Waals surface area contributed by atoms with E-state index in [1.54, 1.807) is 0 Å². The molecule has 0 fully saturated rings. The van der Waals surface area contributed by atoms with E-state index in [9.17, 15) is 14.0 Å². The van der Waals surface area contributed by atoms with Crippen molar-refractivity contribution in [3.8, 4) is 0 Å². The van der Waals surface area contributed by atoms with Gasteiger partial charge >= 0.3 is 5.97 Å². The zero-order valence-electron chi connectivity index (χ0n) is 12.3. The summed E-state index contributed by atoms with van der Waals surface area (Å²) >= 11 is 0. The molecular weight excluding hydrogens is 307 g/mol. The van der Waals surface area contributed by atoms with Crippen molar-refractivity contribution in [2.24, 2.45) is 0 Å². The van der Waals surface area contributed by atoms with Crippen molar-refractivity contribution in [3.05, 3.63) is 53.2 Å². The maximum atomic E-state index is 13.0. The summed E-state index contributed by atoms with van der Waals surface area (Å²) in [6, 6.07) is 5.82. The van der Waals surface area contributed by atoms with Crippen LogP contribution >= 0.6 is 0 Å². The Balaban J connectivity index is 2.14. The highest BCUT2D eigenvalue weighted by atomic mass is 19.1. The lowest BCUT2D eigenvalue weighted by Gasteiger charge is -2.16. The summed E-state index contributed by atoms with van der Waals surface area (Å²) in [4.78, 5) is 23.1. The summed E-state index contributed by atoms with van der Waals surface area (Å²) in [6.07, 6.45) is -0.347. The van der Waals surface area contributed by atoms with Crippen molar-refractivity contribution in [1.29, 1.82) is 0 Å². The molecule has 1 atom stereocenters. The van der Waals surface area contributed by atoms with Crippen LogP contribution in [0.3, 0.4) is 0 Å². The molecule has 0 aliphatic heterocycles. The Morgan fingerprint density at radius 3 is 2.70 bits per heavy atom. The number of carbonyl (C=O) groups is 2. The minimum atomic E-state index is -1.10. The van der Waals surface area contributed by atoms with E-state index in [0.717, 1.165) is 0 Å². The average molecular weight is 322 g/mol. The van der Waals surface area contributed by atoms with E-state index >= 15 is 0 Å². The minimum absolute atomic E-state index is 0.00884. The number of halogens is 1. The number of carboxylic acids is 1. The number of aromatic nitrogens is 1. The molecule has 8 heteroatoms. The zero-order chi connectivity index (χ0) is 16.8. The number of nitrogens with one attached hydrogen (secondary N) is 1. The molecule has 1 unspecified atom stereocenters. The summed E-state index contributed by atoms with van der Waals surface area (Å²) in [5.41, 5.74) is 0.484. The molecule has 1 aromatic carbocycles. The summed E-state index contributed by atoms with van der Waals surface area (Å²) < 4.78 is 22.7. The van der Waals surface area contributed by atoms with Gasteiger partial charge in [-0.1, -0.05) is 17.3 Å². The Morgan fingerprint density at radius 2 is 2.09 bits per heavy atom. The fourth-order valence-electron chi connectivity index (χ4n) is 1.98. The molecule has 0 radical (unpaired) electrons. The maximum Gasteiger partial charge on any atom is 0.305 e. The molecule has 1 heterocycles. The molecule has 0 aliphatic rings. The van der Waals surface area contributed by atoms with Gasteiger partial charge in [0.05, 0.1) is 12.5 Å². The number of nitrogens with zero attached hydrogens (tertiary/aromatic N) is 1. The predicted octanol–water partition coefficient (Wildman–Crippen LogP) is 1.91. The second-order valence-corrected chi connectivity index (χ2v) is 4.79. The largest absolute Gasteiger partial charge is 0.481 e. The molecule has 0 saturated carbocycles. The van der Waals surface area contributed by atoms with Crippen LogP contribution in [-0.4, -0.2) is 29.2 Å². The lowest BCUT2D eigenvalue weighted by atomic mass is 10.0. The van der Waals surface area contributed by atoms with Crippen LogP contribution in [0.2, 0.25) is 0 Å². The number of rotatable bonds is 7. The van der Waals surface area contributed by atoms with Gasteiger partial charge in [0.1, 0.15) is 12.4 Å². The van der Waals surface area contributed by atoms with Crippen LogP contribution in [0, 0.1) is 5.82 Å². The van der Waals surface area contributed by atoms with E-state index < -0.39 is 23.7 Å². The summed E-state index contributed by atoms with van der Waals surface area (Å²) in [5, 5.41) is 15.1. The molecule has 0 bridgehead atoms. The van der Waals surface area contributed by atoms with Gasteiger partial charge in [-0.15, -0.1) is 0 Å². The fourth-order valence-corrected chi connectivity index (χ4v) is 1.98. The van der Waals surface area contributed by atoms with Gasteiger partial charge in [-0.3, -0.25) is 9.59 Å². The van der Waals surface area contributed by atoms with Crippen molar-refractivity contribution in [2.75, 3.05) is 7.11 Å². The van der Waals surface area contributed by atoms with Gasteiger partial charge in [0.15, 0.2) is 11.5 Å². The second-order valence-electron chi connectivity index (χ2n) is 4.79. The van der Waals surface area contributed by atoms with Crippen LogP contribution in [-0.2, 0) is 16.1 Å². The van der Waals surface area contributed by atoms with E-state index in [2.05, 4.69) is 10.5 Å². The number of carbonyl (C=O) groups excluding carboxylic acids is 1. The summed E-state index contributed by atoms with van der Waals surface area (Å²) in [7, 11) is 1.47. The van der Waals surface area contributed by atoms with Gasteiger partial charge in [0.2, 0.25) is 0 Å². The Morgan fingerprint density at radius 1 is 1.39 bits per heavy atom. The van der Waals surface area contributed by atoms with E-state index in [-0.39, 0.29) is 18.7 Å². The first kappa shape index (κ1) is 16.6. The van der Waals surface area contributed by atoms with Crippen molar-refractivity contribution in [2.45, 2.75) is 19.1 Å². The van der Waals surface area contributed by atoms with Gasteiger partial charge < -0.3 is 19.7 Å². The van der Waals surface area contributed by atoms with E-state index in [0.29, 0.717) is 11.3 Å². The third-order valence-electron chi connectivity index (χ3n) is 3.03. The van der Waals surface area contributed by atoms with Crippen LogP contribution in [0.4, 0.5) is 4.39 Å². The van der Waals surface area contributed by atoms with Gasteiger partial charge in [-0.2, -0.15) is 0 Å². The van der Waals surface area contributed by atoms with Crippen LogP contribution < -0.4 is 5.32 Å². The zero-order valence-corrected chi connectivity index (χ0v) is 12.3. The van der Waals surface area contributed by atoms with Crippen molar-refractivity contribution in [1.82, 2.24) is 10.5 Å². The molecule has 7 nitrogen and oxygen atoms in total.